The monoisotopic (exact) mass is 1190 g/mol. The summed E-state index contributed by atoms with van der Waals surface area (Å²) in [7, 11) is -2.03. The molecule has 0 radical (unpaired) electrons. The van der Waals surface area contributed by atoms with Crippen molar-refractivity contribution in [1.82, 2.24) is 19.6 Å². The van der Waals surface area contributed by atoms with Crippen LogP contribution < -0.4 is 15.2 Å². The Bertz CT molecular complexity index is 3350. The summed E-state index contributed by atoms with van der Waals surface area (Å²) in [5, 5.41) is 0. The summed E-state index contributed by atoms with van der Waals surface area (Å²) in [6.07, 6.45) is 8.84. The lowest BCUT2D eigenvalue weighted by Gasteiger charge is -2.58. The standard InChI is InChI=1S/C35H40N2O2.C32H35N3O2.C3H5F3O3S/c1-3-4-12-32-35(30-19-15-28(16-20-30)14-13-27-10-6-5-7-11-27)33-26-36(23-8-9-24-37(32)33)34(38)25-29-17-21-31(39-2)22-18-29;1-37-28-17-13-26(14-18-28)21-31(36)34-19-5-6-20-35-29(22-33)32(30(35)23-34)27-15-11-25(12-16-27)10-9-24-7-3-2-4-8-24;1-2-9-10(7,8)3(4,5)6/h5-7,10-11,15-22,32-33,35H,3-4,8-9,12,23-26H2,1-2H3;2-4,7-8,11-18,29-30,32H,5-6,19-23,33H2,1H3;2H2,1H3/t32-,33+,35+;29-,30+,32+;/m11./s1. The van der Waals surface area contributed by atoms with Crippen molar-refractivity contribution >= 4 is 21.9 Å². The number of nitrogens with zero attached hydrogens (tertiary/aromatic N) is 4. The highest BCUT2D eigenvalue weighted by Crippen LogP contribution is 2.45. The van der Waals surface area contributed by atoms with E-state index in [1.54, 1.807) is 14.2 Å². The first-order valence-corrected chi connectivity index (χ1v) is 31.4. The quantitative estimate of drug-likeness (QED) is 0.0638. The minimum Gasteiger partial charge on any atom is -0.497 e. The number of hydrogen-bond acceptors (Lipinski definition) is 10. The van der Waals surface area contributed by atoms with Crippen molar-refractivity contribution in [2.24, 2.45) is 5.73 Å². The second-order valence-electron chi connectivity index (χ2n) is 22.1. The van der Waals surface area contributed by atoms with Crippen LogP contribution in [0, 0.1) is 23.7 Å². The number of ether oxygens (including phenoxy) is 2. The van der Waals surface area contributed by atoms with Crippen LogP contribution in [0.1, 0.15) is 115 Å². The van der Waals surface area contributed by atoms with E-state index in [0.29, 0.717) is 49.3 Å². The van der Waals surface area contributed by atoms with E-state index in [1.165, 1.54) is 30.4 Å². The summed E-state index contributed by atoms with van der Waals surface area (Å²) in [5.74, 6) is 15.9. The molecule has 0 unspecified atom stereocenters. The Morgan fingerprint density at radius 3 is 1.29 bits per heavy atom. The molecule has 454 valence electrons. The Kier molecular flexibility index (Phi) is 23.5. The van der Waals surface area contributed by atoms with Crippen molar-refractivity contribution < 1.29 is 44.8 Å². The first-order valence-electron chi connectivity index (χ1n) is 30.0. The fraction of sp³-hybridized carbons (Fsp3) is 0.400. The number of amides is 2. The van der Waals surface area contributed by atoms with E-state index in [-0.39, 0.29) is 17.9 Å². The molecule has 4 aliphatic rings. The molecular weight excluding hydrogens is 1110 g/mol. The van der Waals surface area contributed by atoms with Gasteiger partial charge in [-0.15, -0.1) is 0 Å². The molecule has 4 fully saturated rings. The molecule has 0 spiro atoms. The average molecular weight is 1190 g/mol. The third-order valence-electron chi connectivity index (χ3n) is 16.6. The molecule has 0 saturated carbocycles. The molecule has 2 amide bonds. The highest BCUT2D eigenvalue weighted by molar-refractivity contribution is 7.87. The summed E-state index contributed by atoms with van der Waals surface area (Å²) < 4.78 is 67.7. The predicted octanol–water partition coefficient (Wildman–Crippen LogP) is 11.2. The van der Waals surface area contributed by atoms with Crippen LogP contribution >= 0.6 is 0 Å². The molecule has 16 heteroatoms. The summed E-state index contributed by atoms with van der Waals surface area (Å²) in [6, 6.07) is 54.9. The van der Waals surface area contributed by atoms with Crippen LogP contribution in [-0.4, -0.2) is 136 Å². The fourth-order valence-electron chi connectivity index (χ4n) is 12.1. The van der Waals surface area contributed by atoms with Gasteiger partial charge in [-0.25, -0.2) is 0 Å². The number of benzene rings is 6. The summed E-state index contributed by atoms with van der Waals surface area (Å²) in [6.45, 7) is 8.93. The van der Waals surface area contributed by atoms with Crippen molar-refractivity contribution in [2.75, 3.05) is 66.6 Å². The SMILES string of the molecule is CCCC[C@@H]1[C@H](c2ccc(C#Cc3ccccc3)cc2)[C@@H]2CN(C(=O)Cc3ccc(OC)cc3)CCCCN12.CCOS(=O)(=O)C(F)(F)F.COc1ccc(CC(=O)N2CCCCN3[C@H](CN)[C@H](c4ccc(C#Cc5ccccc5)cc4)[C@@H]3C2)cc1. The summed E-state index contributed by atoms with van der Waals surface area (Å²) >= 11 is 0. The number of alkyl halides is 3. The van der Waals surface area contributed by atoms with Crippen molar-refractivity contribution in [3.63, 3.8) is 0 Å². The number of rotatable bonds is 14. The van der Waals surface area contributed by atoms with Gasteiger partial charge >= 0.3 is 15.6 Å². The van der Waals surface area contributed by atoms with E-state index in [0.717, 1.165) is 117 Å². The molecule has 4 saturated heterocycles. The van der Waals surface area contributed by atoms with Gasteiger partial charge in [0.05, 0.1) is 33.7 Å². The molecule has 4 aliphatic heterocycles. The number of nitrogens with two attached hydrogens (primary N) is 1. The second kappa shape index (κ2) is 31.3. The van der Waals surface area contributed by atoms with Gasteiger partial charge in [0.2, 0.25) is 11.8 Å². The van der Waals surface area contributed by atoms with E-state index in [2.05, 4.69) is 103 Å². The maximum Gasteiger partial charge on any atom is 0.523 e. The predicted molar refractivity (Wildman–Crippen MR) is 332 cm³/mol. The molecule has 0 aromatic heterocycles. The van der Waals surface area contributed by atoms with Gasteiger partial charge < -0.3 is 25.0 Å². The lowest BCUT2D eigenvalue weighted by atomic mass is 9.72. The number of carbonyl (C=O) groups excluding carboxylic acids is 2. The Hall–Kier alpha value is -7.44. The summed E-state index contributed by atoms with van der Waals surface area (Å²) in [5.41, 5.74) is 9.77. The van der Waals surface area contributed by atoms with Crippen molar-refractivity contribution in [3.05, 3.63) is 202 Å². The van der Waals surface area contributed by atoms with E-state index in [9.17, 15) is 31.2 Å². The van der Waals surface area contributed by atoms with Crippen molar-refractivity contribution in [3.8, 4) is 35.2 Å². The first kappa shape index (κ1) is 64.6. The number of hydrogen-bond donors (Lipinski definition) is 1. The normalized spacial score (nSPS) is 20.3. The molecule has 6 aromatic rings. The van der Waals surface area contributed by atoms with E-state index in [4.69, 9.17) is 15.2 Å². The van der Waals surface area contributed by atoms with E-state index >= 15 is 0 Å². The zero-order chi connectivity index (χ0) is 61.1. The molecule has 86 heavy (non-hydrogen) atoms. The molecule has 4 heterocycles. The van der Waals surface area contributed by atoms with Crippen LogP contribution in [0.3, 0.4) is 0 Å². The number of halogens is 3. The van der Waals surface area contributed by atoms with E-state index in [1.807, 2.05) is 109 Å². The lowest BCUT2D eigenvalue weighted by Crippen LogP contribution is -2.68. The Labute approximate surface area is 506 Å². The lowest BCUT2D eigenvalue weighted by molar-refractivity contribution is -0.135. The number of methoxy groups -OCH3 is 2. The van der Waals surface area contributed by atoms with Crippen LogP contribution in [-0.2, 0) is 36.7 Å². The van der Waals surface area contributed by atoms with Gasteiger partial charge in [-0.1, -0.05) is 128 Å². The molecular formula is C70H80F3N5O7S. The topological polar surface area (TPSA) is 135 Å². The molecule has 10 rings (SSSR count). The van der Waals surface area contributed by atoms with Crippen LogP contribution in [0.25, 0.3) is 0 Å². The van der Waals surface area contributed by atoms with Crippen LogP contribution in [0.2, 0.25) is 0 Å². The largest absolute Gasteiger partial charge is 0.523 e. The van der Waals surface area contributed by atoms with Gasteiger partial charge in [-0.05, 0) is 147 Å². The first-order chi connectivity index (χ1) is 41.6. The third kappa shape index (κ3) is 17.2. The number of carbonyl (C=O) groups is 2. The zero-order valence-electron chi connectivity index (χ0n) is 49.8. The molecule has 0 bridgehead atoms. The van der Waals surface area contributed by atoms with Gasteiger partial charge in [0.25, 0.3) is 0 Å². The number of fused-ring (bicyclic) bond motifs is 2. The van der Waals surface area contributed by atoms with Crippen LogP contribution in [0.4, 0.5) is 13.2 Å². The molecule has 0 aliphatic carbocycles. The fourth-order valence-corrected chi connectivity index (χ4v) is 12.6. The van der Waals surface area contributed by atoms with Crippen LogP contribution in [0.5, 0.6) is 11.5 Å². The second-order valence-corrected chi connectivity index (χ2v) is 23.7. The van der Waals surface area contributed by atoms with Gasteiger partial charge in [-0.2, -0.15) is 21.6 Å². The molecule has 12 nitrogen and oxygen atoms in total. The Balaban J connectivity index is 0.000000193. The summed E-state index contributed by atoms with van der Waals surface area (Å²) in [4.78, 5) is 36.2. The molecule has 6 atom stereocenters. The number of unbranched alkanes of at least 4 members (excludes halogenated alkanes) is 1. The average Bonchev–Trinajstić information content (AvgIpc) is 0.915. The smallest absolute Gasteiger partial charge is 0.497 e. The highest BCUT2D eigenvalue weighted by atomic mass is 32.2. The van der Waals surface area contributed by atoms with Crippen LogP contribution in [0.15, 0.2) is 158 Å². The maximum atomic E-state index is 13.5. The minimum atomic E-state index is -5.35. The maximum absolute atomic E-state index is 13.5. The third-order valence-corrected chi connectivity index (χ3v) is 17.7. The van der Waals surface area contributed by atoms with Gasteiger partial charge in [0.1, 0.15) is 11.5 Å². The highest BCUT2D eigenvalue weighted by Gasteiger charge is 2.51. The Morgan fingerprint density at radius 2 is 0.930 bits per heavy atom. The molecule has 6 aromatic carbocycles. The minimum absolute atomic E-state index is 0.188. The Morgan fingerprint density at radius 1 is 0.547 bits per heavy atom. The van der Waals surface area contributed by atoms with Crippen molar-refractivity contribution in [1.29, 1.82) is 0 Å². The van der Waals surface area contributed by atoms with Gasteiger partial charge in [0.15, 0.2) is 0 Å². The molecule has 2 N–H and O–H groups in total. The van der Waals surface area contributed by atoms with Crippen molar-refractivity contribution in [2.45, 2.75) is 113 Å². The van der Waals surface area contributed by atoms with E-state index < -0.39 is 22.2 Å². The van der Waals surface area contributed by atoms with Gasteiger partial charge in [-0.3, -0.25) is 23.6 Å². The zero-order valence-corrected chi connectivity index (χ0v) is 50.6. The van der Waals surface area contributed by atoms with Gasteiger partial charge in [0, 0.05) is 91.0 Å².